The van der Waals surface area contributed by atoms with Gasteiger partial charge in [0.25, 0.3) is 11.8 Å². The summed E-state index contributed by atoms with van der Waals surface area (Å²) in [4.78, 5) is 27.7. The number of benzene rings is 3. The maximum Gasteiger partial charge on any atom is 0.267 e. The maximum atomic E-state index is 13.5. The highest BCUT2D eigenvalue weighted by Gasteiger charge is 2.34. The van der Waals surface area contributed by atoms with Crippen molar-refractivity contribution in [2.24, 2.45) is 15.3 Å². The van der Waals surface area contributed by atoms with Crippen LogP contribution in [0.3, 0.4) is 0 Å². The van der Waals surface area contributed by atoms with E-state index >= 15 is 0 Å². The first kappa shape index (κ1) is 31.5. The number of hydrogen-bond acceptors (Lipinski definition) is 10. The van der Waals surface area contributed by atoms with E-state index in [0.717, 1.165) is 11.8 Å². The Hall–Kier alpha value is -4.89. The molecule has 2 amide bonds. The molecule has 0 aliphatic carbocycles. The van der Waals surface area contributed by atoms with Crippen LogP contribution in [0, 0.1) is 0 Å². The minimum Gasteiger partial charge on any atom is -0.507 e. The summed E-state index contributed by atoms with van der Waals surface area (Å²) < 4.78 is 34.1. The van der Waals surface area contributed by atoms with E-state index in [9.17, 15) is 23.1 Å². The van der Waals surface area contributed by atoms with Gasteiger partial charge in [0.05, 0.1) is 28.8 Å². The number of furan rings is 1. The number of phenols is 1. The number of aromatic hydroxyl groups is 1. The lowest BCUT2D eigenvalue weighted by atomic mass is 10.2. The number of carbonyl (C=O) groups excluding carboxylic acids is 2. The molecule has 0 saturated carbocycles. The number of rotatable bonds is 10. The number of anilines is 1. The highest BCUT2D eigenvalue weighted by molar-refractivity contribution is 8.18. The quantitative estimate of drug-likeness (QED) is 0.123. The van der Waals surface area contributed by atoms with Crippen molar-refractivity contribution in [1.29, 1.82) is 0 Å². The fraction of sp³-hybridized carbons (Fsp3) is 0.0667. The summed E-state index contributed by atoms with van der Waals surface area (Å²) in [5.74, 6) is -0.00284. The van der Waals surface area contributed by atoms with E-state index in [1.165, 1.54) is 53.8 Å². The third-order valence-electron chi connectivity index (χ3n) is 6.14. The van der Waals surface area contributed by atoms with Crippen molar-refractivity contribution in [2.45, 2.75) is 11.4 Å². The molecule has 0 spiro atoms. The number of carbonyl (C=O) groups is 2. The van der Waals surface area contributed by atoms with E-state index in [-0.39, 0.29) is 34.9 Å². The zero-order chi connectivity index (χ0) is 32.0. The Morgan fingerprint density at radius 2 is 1.87 bits per heavy atom. The predicted octanol–water partition coefficient (Wildman–Crippen LogP) is 4.81. The number of nitrogens with two attached hydrogens (primary N) is 1. The summed E-state index contributed by atoms with van der Waals surface area (Å²) in [7, 11) is -3.86. The van der Waals surface area contributed by atoms with E-state index in [1.807, 2.05) is 0 Å². The molecule has 1 aromatic heterocycles. The summed E-state index contributed by atoms with van der Waals surface area (Å²) >= 11 is 7.09. The molecular weight excluding hydrogens is 642 g/mol. The number of nitrogens with one attached hydrogen (secondary N) is 1. The van der Waals surface area contributed by atoms with Gasteiger partial charge in [-0.05, 0) is 78.5 Å². The van der Waals surface area contributed by atoms with Gasteiger partial charge in [0, 0.05) is 21.8 Å². The molecule has 45 heavy (non-hydrogen) atoms. The average molecular weight is 666 g/mol. The number of amidine groups is 1. The second-order valence-corrected chi connectivity index (χ2v) is 12.4. The molecular formula is C30H24ClN5O7S2. The summed E-state index contributed by atoms with van der Waals surface area (Å²) in [6.07, 6.45) is 4.45. The van der Waals surface area contributed by atoms with Gasteiger partial charge >= 0.3 is 0 Å². The fourth-order valence-electron chi connectivity index (χ4n) is 3.99. The molecule has 0 unspecified atom stereocenters. The van der Waals surface area contributed by atoms with Gasteiger partial charge in [-0.1, -0.05) is 29.8 Å². The highest BCUT2D eigenvalue weighted by Crippen LogP contribution is 2.35. The predicted molar refractivity (Wildman–Crippen MR) is 171 cm³/mol. The molecule has 15 heteroatoms. The van der Waals surface area contributed by atoms with Crippen molar-refractivity contribution in [3.05, 3.63) is 112 Å². The number of ether oxygens (including phenoxy) is 1. The van der Waals surface area contributed by atoms with E-state index in [0.29, 0.717) is 38.3 Å². The van der Waals surface area contributed by atoms with Crippen LogP contribution in [0.15, 0.2) is 110 Å². The first-order valence-electron chi connectivity index (χ1n) is 13.0. The van der Waals surface area contributed by atoms with E-state index < -0.39 is 15.9 Å². The largest absolute Gasteiger partial charge is 0.507 e. The lowest BCUT2D eigenvalue weighted by Gasteiger charge is -2.12. The molecule has 4 aromatic rings. The smallest absolute Gasteiger partial charge is 0.267 e. The van der Waals surface area contributed by atoms with Gasteiger partial charge in [0.1, 0.15) is 17.3 Å². The molecule has 12 nitrogen and oxygen atoms in total. The molecule has 1 aliphatic rings. The van der Waals surface area contributed by atoms with Crippen LogP contribution in [0.1, 0.15) is 16.9 Å². The average Bonchev–Trinajstić information content (AvgIpc) is 3.62. The van der Waals surface area contributed by atoms with Crippen LogP contribution in [0.25, 0.3) is 6.08 Å². The number of phenolic OH excluding ortho intramolecular Hbond substituents is 1. The van der Waals surface area contributed by atoms with Gasteiger partial charge in [-0.3, -0.25) is 14.5 Å². The number of halogens is 1. The summed E-state index contributed by atoms with van der Waals surface area (Å²) in [5.41, 5.74) is 1.24. The third-order valence-corrected chi connectivity index (χ3v) is 8.30. The van der Waals surface area contributed by atoms with Crippen molar-refractivity contribution in [1.82, 2.24) is 4.90 Å². The van der Waals surface area contributed by atoms with Crippen LogP contribution in [-0.4, -0.2) is 48.2 Å². The van der Waals surface area contributed by atoms with Crippen LogP contribution in [0.2, 0.25) is 5.02 Å². The van der Waals surface area contributed by atoms with Crippen LogP contribution >= 0.6 is 23.4 Å². The first-order valence-corrected chi connectivity index (χ1v) is 15.8. The molecule has 230 valence electrons. The van der Waals surface area contributed by atoms with Crippen LogP contribution in [0.4, 0.5) is 5.69 Å². The van der Waals surface area contributed by atoms with Crippen molar-refractivity contribution >= 4 is 68.3 Å². The number of amides is 2. The third kappa shape index (κ3) is 8.19. The van der Waals surface area contributed by atoms with E-state index in [1.54, 1.807) is 48.5 Å². The Kier molecular flexibility index (Phi) is 9.68. The number of thioether (sulfide) groups is 1. The lowest BCUT2D eigenvalue weighted by molar-refractivity contribution is -0.122. The van der Waals surface area contributed by atoms with Crippen LogP contribution in [-0.2, 0) is 26.2 Å². The topological polar surface area (TPSA) is 177 Å². The zero-order valence-corrected chi connectivity index (χ0v) is 25.6. The normalized spacial score (nSPS) is 15.3. The molecule has 1 aliphatic heterocycles. The van der Waals surface area contributed by atoms with Crippen LogP contribution < -0.4 is 15.2 Å². The number of hydrogen-bond donors (Lipinski definition) is 3. The van der Waals surface area contributed by atoms with E-state index in [4.69, 9.17) is 25.9 Å². The molecule has 0 radical (unpaired) electrons. The van der Waals surface area contributed by atoms with Gasteiger partial charge in [0.15, 0.2) is 11.8 Å². The number of para-hydroxylation sites is 1. The molecule has 0 atom stereocenters. The molecule has 3 aromatic carbocycles. The standard InChI is InChI=1S/C30H24ClN5O7S2/c31-21-7-12-25(37)20(14-21)16-33-35-30-36(17-23-5-3-13-42-23)29(39)27(44-30)15-19-4-1-2-6-26(19)43-18-28(38)34-22-8-10-24(11-9-22)45(32,40)41/h1-16,37H,17-18H2,(H,34,38)(H2,32,40,41)/b27-15-,33-16+,35-30-. The Morgan fingerprint density at radius 3 is 2.60 bits per heavy atom. The Morgan fingerprint density at radius 1 is 1.09 bits per heavy atom. The highest BCUT2D eigenvalue weighted by atomic mass is 35.5. The second-order valence-electron chi connectivity index (χ2n) is 9.36. The van der Waals surface area contributed by atoms with Gasteiger partial charge in [-0.25, -0.2) is 13.6 Å². The maximum absolute atomic E-state index is 13.5. The van der Waals surface area contributed by atoms with Crippen molar-refractivity contribution in [3.63, 3.8) is 0 Å². The molecule has 1 saturated heterocycles. The van der Waals surface area contributed by atoms with Gasteiger partial charge in [-0.2, -0.15) is 5.10 Å². The summed E-state index contributed by atoms with van der Waals surface area (Å²) in [6, 6.07) is 20.2. The Labute approximate surface area is 266 Å². The van der Waals surface area contributed by atoms with Gasteiger partial charge in [0.2, 0.25) is 10.0 Å². The number of primary sulfonamides is 1. The summed E-state index contributed by atoms with van der Waals surface area (Å²) in [5, 5.41) is 26.8. The Balaban J connectivity index is 1.33. The minimum absolute atomic E-state index is 0.0308. The van der Waals surface area contributed by atoms with Crippen LogP contribution in [0.5, 0.6) is 11.5 Å². The number of nitrogens with zero attached hydrogens (tertiary/aromatic N) is 3. The molecule has 5 rings (SSSR count). The first-order chi connectivity index (χ1) is 21.6. The van der Waals surface area contributed by atoms with Crippen molar-refractivity contribution in [2.75, 3.05) is 11.9 Å². The SMILES string of the molecule is NS(=O)(=O)c1ccc(NC(=O)COc2ccccc2/C=C2\S/C(=N\N=C\c3cc(Cl)ccc3O)N(Cc3ccco3)C2=O)cc1. The minimum atomic E-state index is -3.86. The lowest BCUT2D eigenvalue weighted by Crippen LogP contribution is -2.28. The second kappa shape index (κ2) is 13.8. The molecule has 2 heterocycles. The molecule has 1 fully saturated rings. The zero-order valence-electron chi connectivity index (χ0n) is 23.2. The van der Waals surface area contributed by atoms with Gasteiger partial charge < -0.3 is 19.6 Å². The Bertz CT molecular complexity index is 1930. The number of sulfonamides is 1. The molecule has 4 N–H and O–H groups in total. The van der Waals surface area contributed by atoms with E-state index in [2.05, 4.69) is 15.5 Å². The fourth-order valence-corrected chi connectivity index (χ4v) is 5.61. The monoisotopic (exact) mass is 665 g/mol. The van der Waals surface area contributed by atoms with Crippen molar-refractivity contribution < 1.29 is 32.3 Å². The summed E-state index contributed by atoms with van der Waals surface area (Å²) in [6.45, 7) is -0.260. The van der Waals surface area contributed by atoms with Crippen molar-refractivity contribution in [3.8, 4) is 11.5 Å². The molecule has 0 bridgehead atoms. The van der Waals surface area contributed by atoms with Gasteiger partial charge in [-0.15, -0.1) is 5.10 Å².